The first-order chi connectivity index (χ1) is 7.36. The largest absolute Gasteiger partial charge is 0.385 e. The smallest absolute Gasteiger partial charge is 0.106 e. The van der Waals surface area contributed by atoms with Crippen molar-refractivity contribution in [1.82, 2.24) is 14.9 Å². The lowest BCUT2D eigenvalue weighted by Crippen LogP contribution is -2.14. The van der Waals surface area contributed by atoms with Crippen LogP contribution in [0.4, 0.5) is 5.82 Å². The molecule has 0 radical (unpaired) electrons. The fourth-order valence-corrected chi connectivity index (χ4v) is 2.34. The van der Waals surface area contributed by atoms with E-state index in [1.807, 2.05) is 12.1 Å². The molecule has 1 aliphatic heterocycles. The molecule has 0 bridgehead atoms. The van der Waals surface area contributed by atoms with E-state index in [4.69, 9.17) is 5.73 Å². The number of fused-ring (bicyclic) bond motifs is 1. The van der Waals surface area contributed by atoms with Crippen LogP contribution < -0.4 is 11.1 Å². The number of pyridine rings is 1. The van der Waals surface area contributed by atoms with E-state index in [9.17, 15) is 0 Å². The minimum Gasteiger partial charge on any atom is -0.385 e. The minimum atomic E-state index is 0.478. The molecular formula is C11H14N4. The van der Waals surface area contributed by atoms with Crippen LogP contribution in [0, 0.1) is 0 Å². The lowest BCUT2D eigenvalue weighted by Gasteiger charge is -2.14. The van der Waals surface area contributed by atoms with E-state index in [0.717, 1.165) is 36.4 Å². The van der Waals surface area contributed by atoms with Crippen LogP contribution >= 0.6 is 0 Å². The van der Waals surface area contributed by atoms with Crippen molar-refractivity contribution < 1.29 is 0 Å². The Morgan fingerprint density at radius 2 is 2.47 bits per heavy atom. The van der Waals surface area contributed by atoms with E-state index < -0.39 is 0 Å². The number of aromatic nitrogens is 2. The van der Waals surface area contributed by atoms with Gasteiger partial charge in [0.1, 0.15) is 5.82 Å². The predicted molar refractivity (Wildman–Crippen MR) is 60.7 cm³/mol. The van der Waals surface area contributed by atoms with Crippen molar-refractivity contribution in [3.63, 3.8) is 0 Å². The standard InChI is InChI=1S/C11H14N4/c12-11-6-9-10(2-1-4-14-9)15(11)8-3-5-13-7-8/h1-2,4,6,8,13H,3,5,7,12H2/t8-/m1/s1. The van der Waals surface area contributed by atoms with Crippen LogP contribution in [-0.4, -0.2) is 22.6 Å². The molecule has 3 rings (SSSR count). The first-order valence-corrected chi connectivity index (χ1v) is 5.28. The Bertz CT molecular complexity index is 482. The zero-order valence-corrected chi connectivity index (χ0v) is 8.48. The number of nitrogen functional groups attached to an aromatic ring is 1. The van der Waals surface area contributed by atoms with Gasteiger partial charge in [-0.25, -0.2) is 0 Å². The third-order valence-electron chi connectivity index (χ3n) is 3.04. The highest BCUT2D eigenvalue weighted by atomic mass is 15.1. The Labute approximate surface area is 88.1 Å². The van der Waals surface area contributed by atoms with Gasteiger partial charge in [-0.05, 0) is 25.1 Å². The second-order valence-corrected chi connectivity index (χ2v) is 3.99. The monoisotopic (exact) mass is 202 g/mol. The Morgan fingerprint density at radius 1 is 1.53 bits per heavy atom. The molecule has 4 heteroatoms. The minimum absolute atomic E-state index is 0.478. The zero-order valence-electron chi connectivity index (χ0n) is 8.48. The van der Waals surface area contributed by atoms with Gasteiger partial charge in [-0.15, -0.1) is 0 Å². The molecule has 0 aromatic carbocycles. The van der Waals surface area contributed by atoms with Gasteiger partial charge in [-0.1, -0.05) is 0 Å². The van der Waals surface area contributed by atoms with Gasteiger partial charge in [0.25, 0.3) is 0 Å². The molecule has 1 fully saturated rings. The van der Waals surface area contributed by atoms with Crippen LogP contribution in [0.15, 0.2) is 24.4 Å². The van der Waals surface area contributed by atoms with E-state index in [-0.39, 0.29) is 0 Å². The summed E-state index contributed by atoms with van der Waals surface area (Å²) in [5.41, 5.74) is 8.16. The van der Waals surface area contributed by atoms with E-state index >= 15 is 0 Å². The number of hydrogen-bond acceptors (Lipinski definition) is 3. The Balaban J connectivity index is 2.19. The molecule has 1 saturated heterocycles. The van der Waals surface area contributed by atoms with Crippen LogP contribution in [0.1, 0.15) is 12.5 Å². The zero-order chi connectivity index (χ0) is 10.3. The molecule has 4 nitrogen and oxygen atoms in total. The molecule has 1 aliphatic rings. The van der Waals surface area contributed by atoms with E-state index in [1.165, 1.54) is 0 Å². The highest BCUT2D eigenvalue weighted by Crippen LogP contribution is 2.27. The summed E-state index contributed by atoms with van der Waals surface area (Å²) in [4.78, 5) is 4.31. The summed E-state index contributed by atoms with van der Waals surface area (Å²) in [5.74, 6) is 0.817. The van der Waals surface area contributed by atoms with Crippen molar-refractivity contribution in [3.05, 3.63) is 24.4 Å². The van der Waals surface area contributed by atoms with Crippen molar-refractivity contribution in [2.45, 2.75) is 12.5 Å². The molecule has 15 heavy (non-hydrogen) atoms. The number of nitrogens with zero attached hydrogens (tertiary/aromatic N) is 2. The van der Waals surface area contributed by atoms with Crippen molar-refractivity contribution >= 4 is 16.9 Å². The van der Waals surface area contributed by atoms with Crippen molar-refractivity contribution in [2.24, 2.45) is 0 Å². The maximum absolute atomic E-state index is 6.03. The lowest BCUT2D eigenvalue weighted by molar-refractivity contribution is 0.572. The molecule has 3 N–H and O–H groups in total. The number of rotatable bonds is 1. The topological polar surface area (TPSA) is 55.9 Å². The van der Waals surface area contributed by atoms with E-state index in [2.05, 4.69) is 20.9 Å². The van der Waals surface area contributed by atoms with Crippen LogP contribution in [0.3, 0.4) is 0 Å². The lowest BCUT2D eigenvalue weighted by atomic mass is 10.2. The summed E-state index contributed by atoms with van der Waals surface area (Å²) in [7, 11) is 0. The van der Waals surface area contributed by atoms with Crippen LogP contribution in [-0.2, 0) is 0 Å². The van der Waals surface area contributed by atoms with Gasteiger partial charge in [-0.2, -0.15) is 0 Å². The molecule has 0 spiro atoms. The van der Waals surface area contributed by atoms with Gasteiger partial charge in [0, 0.05) is 24.8 Å². The molecule has 2 aromatic rings. The van der Waals surface area contributed by atoms with Crippen molar-refractivity contribution in [2.75, 3.05) is 18.8 Å². The molecule has 0 saturated carbocycles. The summed E-state index contributed by atoms with van der Waals surface area (Å²) in [6.45, 7) is 2.08. The quantitative estimate of drug-likeness (QED) is 0.729. The Morgan fingerprint density at radius 3 is 3.27 bits per heavy atom. The normalized spacial score (nSPS) is 21.2. The van der Waals surface area contributed by atoms with Gasteiger partial charge in [0.05, 0.1) is 11.0 Å². The van der Waals surface area contributed by atoms with Crippen LogP contribution in [0.25, 0.3) is 11.0 Å². The molecule has 1 atom stereocenters. The summed E-state index contributed by atoms with van der Waals surface area (Å²) in [6.07, 6.45) is 2.95. The van der Waals surface area contributed by atoms with Gasteiger partial charge in [0.15, 0.2) is 0 Å². The second kappa shape index (κ2) is 3.24. The van der Waals surface area contributed by atoms with Crippen LogP contribution in [0.5, 0.6) is 0 Å². The molecule has 0 aliphatic carbocycles. The number of nitrogens with one attached hydrogen (secondary N) is 1. The fraction of sp³-hybridized carbons (Fsp3) is 0.364. The summed E-state index contributed by atoms with van der Waals surface area (Å²) >= 11 is 0. The summed E-state index contributed by atoms with van der Waals surface area (Å²) in [6, 6.07) is 6.47. The van der Waals surface area contributed by atoms with Crippen molar-refractivity contribution in [1.29, 1.82) is 0 Å². The van der Waals surface area contributed by atoms with E-state index in [0.29, 0.717) is 6.04 Å². The van der Waals surface area contributed by atoms with E-state index in [1.54, 1.807) is 6.20 Å². The second-order valence-electron chi connectivity index (χ2n) is 3.99. The van der Waals surface area contributed by atoms with Gasteiger partial charge < -0.3 is 15.6 Å². The SMILES string of the molecule is Nc1cc2ncccc2n1[C@@H]1CCNC1. The van der Waals surface area contributed by atoms with Gasteiger partial charge in [-0.3, -0.25) is 4.98 Å². The molecular weight excluding hydrogens is 188 g/mol. The number of hydrogen-bond donors (Lipinski definition) is 2. The Kier molecular flexibility index (Phi) is 1.89. The fourth-order valence-electron chi connectivity index (χ4n) is 2.34. The first-order valence-electron chi connectivity index (χ1n) is 5.28. The maximum Gasteiger partial charge on any atom is 0.106 e. The average molecular weight is 202 g/mol. The number of anilines is 1. The molecule has 78 valence electrons. The molecule has 0 amide bonds. The molecule has 0 unspecified atom stereocenters. The average Bonchev–Trinajstić information content (AvgIpc) is 2.82. The maximum atomic E-state index is 6.03. The number of nitrogens with two attached hydrogens (primary N) is 1. The van der Waals surface area contributed by atoms with Crippen molar-refractivity contribution in [3.8, 4) is 0 Å². The summed E-state index contributed by atoms with van der Waals surface area (Å²) in [5, 5.41) is 3.36. The van der Waals surface area contributed by atoms with Gasteiger partial charge >= 0.3 is 0 Å². The highest BCUT2D eigenvalue weighted by Gasteiger charge is 2.20. The first kappa shape index (κ1) is 8.73. The molecule has 2 aromatic heterocycles. The molecule has 3 heterocycles. The van der Waals surface area contributed by atoms with Gasteiger partial charge in [0.2, 0.25) is 0 Å². The Hall–Kier alpha value is -1.55. The third-order valence-corrected chi connectivity index (χ3v) is 3.04. The highest BCUT2D eigenvalue weighted by molar-refractivity contribution is 5.80. The third kappa shape index (κ3) is 1.29. The predicted octanol–water partition coefficient (Wildman–Crippen LogP) is 1.15. The summed E-state index contributed by atoms with van der Waals surface area (Å²) < 4.78 is 2.20. The van der Waals surface area contributed by atoms with Crippen LogP contribution in [0.2, 0.25) is 0 Å².